The van der Waals surface area contributed by atoms with Crippen molar-refractivity contribution >= 4 is 48.9 Å². The highest BCUT2D eigenvalue weighted by molar-refractivity contribution is 7.58. The maximum atomic E-state index is 14.5. The summed E-state index contributed by atoms with van der Waals surface area (Å²) in [5, 5.41) is 7.79. The zero-order valence-electron chi connectivity index (χ0n) is 35.8. The Morgan fingerprint density at radius 2 is 1.33 bits per heavy atom. The van der Waals surface area contributed by atoms with Crippen molar-refractivity contribution in [3.8, 4) is 0 Å². The highest BCUT2D eigenvalue weighted by atomic mass is 31.2. The number of ether oxygens (including phenoxy) is 1. The summed E-state index contributed by atoms with van der Waals surface area (Å²) >= 11 is 0. The van der Waals surface area contributed by atoms with Gasteiger partial charge in [-0.15, -0.1) is 0 Å². The van der Waals surface area contributed by atoms with Crippen molar-refractivity contribution in [3.05, 3.63) is 71.3 Å². The predicted octanol–water partition coefficient (Wildman–Crippen LogP) is 4.64. The molecule has 2 unspecified atom stereocenters. The van der Waals surface area contributed by atoms with Crippen molar-refractivity contribution in [3.63, 3.8) is 0 Å². The summed E-state index contributed by atoms with van der Waals surface area (Å²) < 4.78 is 19.6. The zero-order valence-corrected chi connectivity index (χ0v) is 36.7. The van der Waals surface area contributed by atoms with Crippen molar-refractivity contribution in [1.82, 2.24) is 25.8 Å². The number of carbonyl (C=O) groups excluding carboxylic acids is 7. The molecule has 6 N–H and O–H groups in total. The molecule has 0 saturated carbocycles. The molecule has 2 aromatic rings. The maximum absolute atomic E-state index is 14.5. The normalized spacial score (nSPS) is 15.5. The van der Waals surface area contributed by atoms with Crippen LogP contribution in [0.1, 0.15) is 106 Å². The van der Waals surface area contributed by atoms with Crippen LogP contribution in [-0.4, -0.2) is 100 Å². The molecule has 0 spiro atoms. The number of alkyl carbamates (subject to hydrolysis) is 1. The molecule has 3 rings (SSSR count). The minimum atomic E-state index is -4.57. The lowest BCUT2D eigenvalue weighted by Crippen LogP contribution is -2.55. The highest BCUT2D eigenvalue weighted by Crippen LogP contribution is 2.45. The van der Waals surface area contributed by atoms with Crippen LogP contribution in [-0.2, 0) is 35.1 Å². The molecule has 60 heavy (non-hydrogen) atoms. The van der Waals surface area contributed by atoms with Gasteiger partial charge in [0.2, 0.25) is 25.1 Å². The van der Waals surface area contributed by atoms with Crippen LogP contribution in [0.15, 0.2) is 54.6 Å². The molecule has 1 aliphatic rings. The summed E-state index contributed by atoms with van der Waals surface area (Å²) in [6, 6.07) is 11.6. The number of rotatable bonds is 23. The van der Waals surface area contributed by atoms with Crippen LogP contribution < -0.4 is 21.7 Å². The number of hydrogen-bond acceptors (Lipinski definition) is 10. The van der Waals surface area contributed by atoms with Crippen LogP contribution >= 0.6 is 7.37 Å². The Kier molecular flexibility index (Phi) is 19.1. The van der Waals surface area contributed by atoms with Gasteiger partial charge in [-0.05, 0) is 74.0 Å². The summed E-state index contributed by atoms with van der Waals surface area (Å²) in [4.78, 5) is 107. The standard InChI is InChI=1S/C43H63N6O10P/c1-27(2)21-31(37(50)46-36(23-29(5)6)38(51)45-7)25-60(57,58)26-49(41(54)34(44)22-28(3)4)42(55)35(47-43(56)59-24-30-15-9-8-10-16-30)19-13-14-20-48-39(52)32-17-11-12-18-33(32)40(48)53/h8-12,15-18,27-29,31,34-36H,13-14,19-26,44H2,1-7H3,(H,45,51)(H,46,50)(H,47,56)(H,57,58)/t31?,34-,35-,36-/m0/s1. The number of nitrogens with zero attached hydrogens (tertiary/aromatic N) is 2. The molecule has 2 aromatic carbocycles. The van der Waals surface area contributed by atoms with Crippen molar-refractivity contribution in [2.24, 2.45) is 29.4 Å². The van der Waals surface area contributed by atoms with Gasteiger partial charge in [0.05, 0.1) is 17.2 Å². The lowest BCUT2D eigenvalue weighted by atomic mass is 9.96. The Balaban J connectivity index is 1.90. The predicted molar refractivity (Wildman–Crippen MR) is 226 cm³/mol. The summed E-state index contributed by atoms with van der Waals surface area (Å²) in [5.41, 5.74) is 7.53. The van der Waals surface area contributed by atoms with Crippen LogP contribution in [0.5, 0.6) is 0 Å². The lowest BCUT2D eigenvalue weighted by Gasteiger charge is -2.31. The maximum Gasteiger partial charge on any atom is 0.408 e. The van der Waals surface area contributed by atoms with E-state index >= 15 is 0 Å². The minimum absolute atomic E-state index is 0.0106. The fraction of sp³-hybridized carbons (Fsp3) is 0.558. The molecule has 0 aromatic heterocycles. The molecular formula is C43H63N6O10P. The van der Waals surface area contributed by atoms with E-state index in [0.29, 0.717) is 16.9 Å². The number of fused-ring (bicyclic) bond motifs is 1. The second-order valence-corrected chi connectivity index (χ2v) is 19.0. The average Bonchev–Trinajstić information content (AvgIpc) is 3.43. The molecule has 1 aliphatic heterocycles. The molecule has 0 bridgehead atoms. The van der Waals surface area contributed by atoms with E-state index in [2.05, 4.69) is 16.0 Å². The van der Waals surface area contributed by atoms with Crippen LogP contribution in [0.4, 0.5) is 4.79 Å². The second kappa shape index (κ2) is 23.2. The molecular weight excluding hydrogens is 791 g/mol. The van der Waals surface area contributed by atoms with Crippen molar-refractivity contribution in [1.29, 1.82) is 0 Å². The van der Waals surface area contributed by atoms with Crippen LogP contribution in [0.25, 0.3) is 0 Å². The van der Waals surface area contributed by atoms with E-state index in [-0.39, 0.29) is 74.1 Å². The number of unbranched alkanes of at least 4 members (excludes halogenated alkanes) is 1. The van der Waals surface area contributed by atoms with Gasteiger partial charge in [0, 0.05) is 25.7 Å². The molecule has 0 aliphatic carbocycles. The smallest absolute Gasteiger partial charge is 0.408 e. The quantitative estimate of drug-likeness (QED) is 0.0587. The van der Waals surface area contributed by atoms with Gasteiger partial charge in [-0.2, -0.15) is 0 Å². The van der Waals surface area contributed by atoms with Gasteiger partial charge in [-0.3, -0.25) is 43.1 Å². The fourth-order valence-electron chi connectivity index (χ4n) is 7.09. The minimum Gasteiger partial charge on any atom is -0.445 e. The fourth-order valence-corrected chi connectivity index (χ4v) is 8.93. The van der Waals surface area contributed by atoms with Crippen LogP contribution in [0, 0.1) is 23.7 Å². The molecule has 5 atom stereocenters. The van der Waals surface area contributed by atoms with E-state index in [1.807, 2.05) is 41.5 Å². The van der Waals surface area contributed by atoms with Crippen molar-refractivity contribution in [2.45, 2.75) is 105 Å². The van der Waals surface area contributed by atoms with Crippen LogP contribution in [0.2, 0.25) is 0 Å². The number of imide groups is 2. The van der Waals surface area contributed by atoms with E-state index in [4.69, 9.17) is 10.5 Å². The number of benzene rings is 2. The van der Waals surface area contributed by atoms with Gasteiger partial charge in [0.25, 0.3) is 17.7 Å². The lowest BCUT2D eigenvalue weighted by molar-refractivity contribution is -0.146. The first-order valence-corrected chi connectivity index (χ1v) is 22.6. The van der Waals surface area contributed by atoms with Gasteiger partial charge >= 0.3 is 6.09 Å². The number of carbonyl (C=O) groups is 7. The second-order valence-electron chi connectivity index (χ2n) is 16.7. The van der Waals surface area contributed by atoms with Crippen molar-refractivity contribution < 1.29 is 47.8 Å². The number of nitrogens with one attached hydrogen (secondary N) is 3. The molecule has 7 amide bonds. The Morgan fingerprint density at radius 3 is 1.88 bits per heavy atom. The Hall–Kier alpha value is -4.92. The Labute approximate surface area is 353 Å². The van der Waals surface area contributed by atoms with Gasteiger partial charge in [0.1, 0.15) is 25.0 Å². The highest BCUT2D eigenvalue weighted by Gasteiger charge is 2.40. The van der Waals surface area contributed by atoms with E-state index in [0.717, 1.165) is 4.90 Å². The molecule has 16 nitrogen and oxygen atoms in total. The molecule has 0 fully saturated rings. The van der Waals surface area contributed by atoms with Crippen molar-refractivity contribution in [2.75, 3.05) is 26.0 Å². The monoisotopic (exact) mass is 854 g/mol. The first-order chi connectivity index (χ1) is 28.2. The van der Waals surface area contributed by atoms with E-state index in [1.165, 1.54) is 7.05 Å². The Bertz CT molecular complexity index is 1840. The summed E-state index contributed by atoms with van der Waals surface area (Å²) in [7, 11) is -3.13. The third-order valence-electron chi connectivity index (χ3n) is 9.96. The average molecular weight is 855 g/mol. The first kappa shape index (κ1) is 49.4. The third kappa shape index (κ3) is 15.0. The number of hydrogen-bond donors (Lipinski definition) is 5. The summed E-state index contributed by atoms with van der Waals surface area (Å²) in [6.45, 7) is 11.0. The first-order valence-electron chi connectivity index (χ1n) is 20.6. The summed E-state index contributed by atoms with van der Waals surface area (Å²) in [6.07, 6.45) is -1.73. The van der Waals surface area contributed by atoms with Gasteiger partial charge in [-0.1, -0.05) is 84.0 Å². The SMILES string of the molecule is CNC(=O)[C@H](CC(C)C)NC(=O)C(CC(C)C)CP(=O)(O)CN(C(=O)[C@H](CCCCN1C(=O)c2ccccc2C1=O)NC(=O)OCc1ccccc1)C(=O)[C@@H](N)CC(C)C. The zero-order chi connectivity index (χ0) is 44.7. The van der Waals surface area contributed by atoms with E-state index in [9.17, 15) is 43.0 Å². The largest absolute Gasteiger partial charge is 0.445 e. The van der Waals surface area contributed by atoms with Gasteiger partial charge < -0.3 is 31.3 Å². The van der Waals surface area contributed by atoms with E-state index in [1.54, 1.807) is 54.6 Å². The van der Waals surface area contributed by atoms with Crippen LogP contribution in [0.3, 0.4) is 0 Å². The number of likely N-dealkylation sites (N-methyl/N-ethyl adjacent to an activating group) is 1. The van der Waals surface area contributed by atoms with Gasteiger partial charge in [0.15, 0.2) is 0 Å². The van der Waals surface area contributed by atoms with Gasteiger partial charge in [-0.25, -0.2) is 4.79 Å². The molecule has 330 valence electrons. The molecule has 0 saturated heterocycles. The molecule has 1 heterocycles. The molecule has 17 heteroatoms. The number of amides is 7. The molecule has 0 radical (unpaired) electrons. The third-order valence-corrected chi connectivity index (χ3v) is 11.7. The van der Waals surface area contributed by atoms with E-state index < -0.39 is 85.4 Å². The summed E-state index contributed by atoms with van der Waals surface area (Å²) in [5.74, 6) is -5.13. The topological polar surface area (TPSA) is 235 Å². The number of nitrogens with two attached hydrogens (primary N) is 1. The Morgan fingerprint density at radius 1 is 0.767 bits per heavy atom.